The van der Waals surface area contributed by atoms with Crippen molar-refractivity contribution in [2.45, 2.75) is 42.9 Å². The Labute approximate surface area is 136 Å². The van der Waals surface area contributed by atoms with E-state index in [0.717, 1.165) is 0 Å². The minimum atomic E-state index is -8.11. The van der Waals surface area contributed by atoms with Crippen molar-refractivity contribution >= 4 is 10.1 Å². The molecule has 4 nitrogen and oxygen atoms in total. The van der Waals surface area contributed by atoms with Gasteiger partial charge in [0.15, 0.2) is 0 Å². The van der Waals surface area contributed by atoms with Gasteiger partial charge in [-0.05, 0) is 6.92 Å². The van der Waals surface area contributed by atoms with Crippen molar-refractivity contribution in [1.82, 2.24) is 6.15 Å². The van der Waals surface area contributed by atoms with E-state index in [1.54, 1.807) is 0 Å². The van der Waals surface area contributed by atoms with Crippen LogP contribution >= 0.6 is 0 Å². The largest absolute Gasteiger partial charge is 0.460 e. The Kier molecular flexibility index (Phi) is 7.15. The molecule has 0 aromatic heterocycles. The molecule has 0 atom stereocenters. The first kappa shape index (κ1) is 27.2. The van der Waals surface area contributed by atoms with Gasteiger partial charge in [0.2, 0.25) is 0 Å². The van der Waals surface area contributed by atoms with Gasteiger partial charge < -0.3 is 6.15 Å². The highest BCUT2D eigenvalue weighted by atomic mass is 32.2. The predicted molar refractivity (Wildman–Crippen MR) is 56.4 cm³/mol. The lowest BCUT2D eigenvalue weighted by atomic mass is 9.97. The van der Waals surface area contributed by atoms with E-state index in [9.17, 15) is 65.5 Å². The van der Waals surface area contributed by atoms with Gasteiger partial charge in [-0.2, -0.15) is 69.7 Å². The summed E-state index contributed by atoms with van der Waals surface area (Å²) in [5.41, 5.74) is 0. The smallest absolute Gasteiger partial charge is 0.344 e. The lowest BCUT2D eigenvalue weighted by molar-refractivity contribution is -0.456. The molecule has 18 heteroatoms. The van der Waals surface area contributed by atoms with Gasteiger partial charge in [-0.1, -0.05) is 0 Å². The Hall–Kier alpha value is -1.04. The molecular weight excluding hydrogens is 437 g/mol. The summed E-state index contributed by atoms with van der Waals surface area (Å²) in [5.74, 6) is -33.5. The molecule has 26 heavy (non-hydrogen) atoms. The van der Waals surface area contributed by atoms with Crippen LogP contribution in [0.2, 0.25) is 0 Å². The molecule has 0 spiro atoms. The van der Waals surface area contributed by atoms with E-state index >= 15 is 0 Å². The maximum absolute atomic E-state index is 13.0. The quantitative estimate of drug-likeness (QED) is 0.471. The van der Waals surface area contributed by atoms with Gasteiger partial charge in [-0.25, -0.2) is 0 Å². The van der Waals surface area contributed by atoms with Gasteiger partial charge in [0.25, 0.3) is 10.1 Å². The van der Waals surface area contributed by atoms with Crippen LogP contribution in [0.1, 0.15) is 6.92 Å². The third-order valence-corrected chi connectivity index (χ3v) is 3.66. The lowest BCUT2D eigenvalue weighted by Gasteiger charge is -2.38. The predicted octanol–water partition coefficient (Wildman–Crippen LogP) is 4.21. The molecule has 0 saturated carbocycles. The standard InChI is InChI=1S/C8H5F13O3S.H3N/c1-2-25(22,23)24-8(20,21)6(15,16)4(11,12)3(9,10)5(13,14)7(17,18)19;/h2H2,1H3;1H3. The topological polar surface area (TPSA) is 78.4 Å². The highest BCUT2D eigenvalue weighted by Gasteiger charge is 2.91. The second-order valence-corrected chi connectivity index (χ2v) is 6.10. The Balaban J connectivity index is 0. The fraction of sp³-hybridized carbons (Fsp3) is 1.00. The summed E-state index contributed by atoms with van der Waals surface area (Å²) in [6, 6.07) is 0. The van der Waals surface area contributed by atoms with Crippen molar-refractivity contribution in [2.75, 3.05) is 5.75 Å². The molecule has 0 rings (SSSR count). The van der Waals surface area contributed by atoms with Crippen molar-refractivity contribution in [3.63, 3.8) is 0 Å². The molecule has 0 saturated heterocycles. The van der Waals surface area contributed by atoms with E-state index in [1.165, 1.54) is 0 Å². The minimum Gasteiger partial charge on any atom is -0.344 e. The summed E-state index contributed by atoms with van der Waals surface area (Å²) in [6.45, 7) is 0.439. The van der Waals surface area contributed by atoms with Crippen molar-refractivity contribution in [1.29, 1.82) is 0 Å². The summed E-state index contributed by atoms with van der Waals surface area (Å²) < 4.78 is 187. The van der Waals surface area contributed by atoms with Crippen molar-refractivity contribution in [2.24, 2.45) is 0 Å². The monoisotopic (exact) mass is 445 g/mol. The fourth-order valence-electron chi connectivity index (χ4n) is 1.03. The maximum Gasteiger partial charge on any atom is 0.460 e. The average molecular weight is 445 g/mol. The number of rotatable bonds is 7. The van der Waals surface area contributed by atoms with Crippen LogP contribution in [0, 0.1) is 0 Å². The van der Waals surface area contributed by atoms with Crippen LogP contribution < -0.4 is 6.15 Å². The highest BCUT2D eigenvalue weighted by Crippen LogP contribution is 2.60. The van der Waals surface area contributed by atoms with E-state index < -0.39 is 51.8 Å². The Bertz CT molecular complexity index is 597. The van der Waals surface area contributed by atoms with Gasteiger partial charge in [0, 0.05) is 0 Å². The van der Waals surface area contributed by atoms with Crippen LogP contribution in [-0.4, -0.2) is 50.1 Å². The molecule has 0 bridgehead atoms. The van der Waals surface area contributed by atoms with Crippen LogP contribution in [-0.2, 0) is 14.3 Å². The van der Waals surface area contributed by atoms with E-state index in [2.05, 4.69) is 4.18 Å². The van der Waals surface area contributed by atoms with Gasteiger partial charge in [0.1, 0.15) is 0 Å². The molecule has 0 radical (unpaired) electrons. The molecule has 3 N–H and O–H groups in total. The van der Waals surface area contributed by atoms with Gasteiger partial charge in [-0.15, -0.1) is 0 Å². The second-order valence-electron chi connectivity index (χ2n) is 4.24. The SMILES string of the molecule is CCS(=O)(=O)OC(F)(F)C(F)(F)C(F)(F)C(F)(F)C(F)(F)C(F)(F)F.N. The van der Waals surface area contributed by atoms with E-state index in [-0.39, 0.29) is 6.15 Å². The van der Waals surface area contributed by atoms with Crippen molar-refractivity contribution < 1.29 is 69.7 Å². The van der Waals surface area contributed by atoms with Crippen LogP contribution in [0.15, 0.2) is 0 Å². The number of hydrogen-bond acceptors (Lipinski definition) is 4. The second kappa shape index (κ2) is 6.84. The van der Waals surface area contributed by atoms with Gasteiger partial charge in [-0.3, -0.25) is 0 Å². The number of alkyl halides is 13. The molecule has 160 valence electrons. The Morgan fingerprint density at radius 2 is 0.962 bits per heavy atom. The first-order valence-corrected chi connectivity index (χ1v) is 6.98. The van der Waals surface area contributed by atoms with Crippen LogP contribution in [0.4, 0.5) is 57.1 Å². The molecule has 0 aromatic carbocycles. The fourth-order valence-corrected chi connectivity index (χ4v) is 1.57. The van der Waals surface area contributed by atoms with Crippen LogP contribution in [0.25, 0.3) is 0 Å². The normalized spacial score (nSPS) is 15.6. The average Bonchev–Trinajstić information content (AvgIpc) is 2.35. The highest BCUT2D eigenvalue weighted by molar-refractivity contribution is 7.86. The summed E-state index contributed by atoms with van der Waals surface area (Å²) in [7, 11) is -5.75. The molecule has 0 unspecified atom stereocenters. The van der Waals surface area contributed by atoms with E-state index in [0.29, 0.717) is 6.92 Å². The third-order valence-electron chi connectivity index (χ3n) is 2.49. The molecule has 0 amide bonds. The van der Waals surface area contributed by atoms with Crippen molar-refractivity contribution in [3.8, 4) is 0 Å². The van der Waals surface area contributed by atoms with Gasteiger partial charge >= 0.3 is 36.0 Å². The zero-order chi connectivity index (χ0) is 20.9. The first-order chi connectivity index (χ1) is 10.5. The van der Waals surface area contributed by atoms with Crippen LogP contribution in [0.3, 0.4) is 0 Å². The summed E-state index contributed by atoms with van der Waals surface area (Å²) in [5, 5.41) is 0. The Morgan fingerprint density at radius 1 is 0.654 bits per heavy atom. The first-order valence-electron chi connectivity index (χ1n) is 5.41. The maximum atomic E-state index is 13.0. The summed E-state index contributed by atoms with van der Waals surface area (Å²) >= 11 is 0. The zero-order valence-electron chi connectivity index (χ0n) is 12.0. The summed E-state index contributed by atoms with van der Waals surface area (Å²) in [4.78, 5) is 0. The van der Waals surface area contributed by atoms with Gasteiger partial charge in [0.05, 0.1) is 5.75 Å². The number of hydrogen-bond donors (Lipinski definition) is 1. The molecule has 0 aliphatic rings. The zero-order valence-corrected chi connectivity index (χ0v) is 12.8. The van der Waals surface area contributed by atoms with E-state index in [1.807, 2.05) is 0 Å². The number of halogens is 13. The van der Waals surface area contributed by atoms with E-state index in [4.69, 9.17) is 0 Å². The molecule has 0 aliphatic heterocycles. The molecule has 0 aliphatic carbocycles. The Morgan fingerprint density at radius 3 is 1.23 bits per heavy atom. The van der Waals surface area contributed by atoms with Crippen LogP contribution in [0.5, 0.6) is 0 Å². The lowest BCUT2D eigenvalue weighted by Crippen LogP contribution is -2.70. The van der Waals surface area contributed by atoms with Crippen molar-refractivity contribution in [3.05, 3.63) is 0 Å². The summed E-state index contributed by atoms with van der Waals surface area (Å²) in [6.07, 6.45) is -14.6. The molecule has 0 aromatic rings. The molecule has 0 heterocycles. The third kappa shape index (κ3) is 3.95. The minimum absolute atomic E-state index is 0. The molecular formula is C8H8F13NO3S. The molecule has 0 fully saturated rings.